The highest BCUT2D eigenvalue weighted by Gasteiger charge is 2.21. The predicted molar refractivity (Wildman–Crippen MR) is 112 cm³/mol. The van der Waals surface area contributed by atoms with Gasteiger partial charge in [0.25, 0.3) is 5.56 Å². The molecule has 3 aromatic rings. The molecule has 0 amide bonds. The lowest BCUT2D eigenvalue weighted by molar-refractivity contribution is -0.109. The minimum absolute atomic E-state index is 0.149. The number of allylic oxidation sites excluding steroid dienone is 2. The summed E-state index contributed by atoms with van der Waals surface area (Å²) < 4.78 is 1.06. The number of carbonyl (C=O) groups excluding carboxylic acids is 1. The Morgan fingerprint density at radius 1 is 1.00 bits per heavy atom. The van der Waals surface area contributed by atoms with Crippen LogP contribution in [0, 0.1) is 0 Å². The average Bonchev–Trinajstić information content (AvgIpc) is 2.72. The van der Waals surface area contributed by atoms with Gasteiger partial charge in [0, 0.05) is 5.57 Å². The second kappa shape index (κ2) is 7.24. The van der Waals surface area contributed by atoms with Crippen LogP contribution in [-0.4, -0.2) is 20.4 Å². The summed E-state index contributed by atoms with van der Waals surface area (Å²) in [7, 11) is 0. The number of hydrogen-bond donors (Lipinski definition) is 2. The number of aryl methyl sites for hydroxylation is 1. The third-order valence-electron chi connectivity index (χ3n) is 4.95. The van der Waals surface area contributed by atoms with Gasteiger partial charge in [0.15, 0.2) is 5.78 Å². The Bertz CT molecular complexity index is 1310. The SMILES string of the molecule is CCc1ccccc1-n1c(O)c(C=C2C(=O)C=Cc3ccccc32)c(=O)[nH]c1=O. The maximum absolute atomic E-state index is 12.5. The molecule has 2 aromatic carbocycles. The Hall–Kier alpha value is -3.93. The summed E-state index contributed by atoms with van der Waals surface area (Å²) in [6.45, 7) is 1.93. The third kappa shape index (κ3) is 3.14. The van der Waals surface area contributed by atoms with E-state index < -0.39 is 17.1 Å². The Kier molecular flexibility index (Phi) is 4.60. The Morgan fingerprint density at radius 2 is 1.72 bits per heavy atom. The van der Waals surface area contributed by atoms with Crippen molar-refractivity contribution in [1.82, 2.24) is 9.55 Å². The van der Waals surface area contributed by atoms with Crippen LogP contribution in [0.2, 0.25) is 0 Å². The molecule has 144 valence electrons. The molecule has 0 aliphatic heterocycles. The quantitative estimate of drug-likeness (QED) is 0.677. The molecule has 0 saturated heterocycles. The fourth-order valence-corrected chi connectivity index (χ4v) is 3.49. The number of aromatic hydroxyl groups is 1. The first-order valence-corrected chi connectivity index (χ1v) is 9.21. The number of hydrogen-bond acceptors (Lipinski definition) is 4. The summed E-state index contributed by atoms with van der Waals surface area (Å²) in [5.41, 5.74) is 1.42. The molecule has 2 N–H and O–H groups in total. The molecule has 6 nitrogen and oxygen atoms in total. The van der Waals surface area contributed by atoms with Gasteiger partial charge >= 0.3 is 5.69 Å². The predicted octanol–water partition coefficient (Wildman–Crippen LogP) is 2.93. The number of fused-ring (bicyclic) bond motifs is 1. The van der Waals surface area contributed by atoms with Crippen LogP contribution < -0.4 is 11.2 Å². The van der Waals surface area contributed by atoms with Crippen molar-refractivity contribution in [3.8, 4) is 11.6 Å². The van der Waals surface area contributed by atoms with E-state index in [9.17, 15) is 19.5 Å². The number of aromatic amines is 1. The summed E-state index contributed by atoms with van der Waals surface area (Å²) in [5, 5.41) is 10.9. The normalized spacial score (nSPS) is 14.2. The lowest BCUT2D eigenvalue weighted by Crippen LogP contribution is -2.31. The molecule has 1 aliphatic rings. The monoisotopic (exact) mass is 386 g/mol. The van der Waals surface area contributed by atoms with Crippen molar-refractivity contribution in [2.24, 2.45) is 0 Å². The van der Waals surface area contributed by atoms with E-state index in [0.29, 0.717) is 17.7 Å². The summed E-state index contributed by atoms with van der Waals surface area (Å²) in [4.78, 5) is 39.7. The molecular weight excluding hydrogens is 368 g/mol. The molecule has 1 aromatic heterocycles. The first kappa shape index (κ1) is 18.4. The van der Waals surface area contributed by atoms with Gasteiger partial charge in [0.05, 0.1) is 5.69 Å². The second-order valence-electron chi connectivity index (χ2n) is 6.66. The van der Waals surface area contributed by atoms with Gasteiger partial charge in [-0.2, -0.15) is 0 Å². The van der Waals surface area contributed by atoms with Gasteiger partial charge in [-0.05, 0) is 41.3 Å². The van der Waals surface area contributed by atoms with Crippen molar-refractivity contribution in [2.45, 2.75) is 13.3 Å². The van der Waals surface area contributed by atoms with Crippen LogP contribution in [0.3, 0.4) is 0 Å². The molecule has 6 heteroatoms. The molecule has 29 heavy (non-hydrogen) atoms. The van der Waals surface area contributed by atoms with Crippen molar-refractivity contribution in [3.63, 3.8) is 0 Å². The number of nitrogens with one attached hydrogen (secondary N) is 1. The number of nitrogens with zero attached hydrogens (tertiary/aromatic N) is 1. The van der Waals surface area contributed by atoms with E-state index in [0.717, 1.165) is 15.7 Å². The fraction of sp³-hybridized carbons (Fsp3) is 0.0870. The van der Waals surface area contributed by atoms with Crippen LogP contribution in [0.4, 0.5) is 0 Å². The number of rotatable bonds is 3. The maximum Gasteiger partial charge on any atom is 0.335 e. The standard InChI is InChI=1S/C23H18N2O4/c1-2-14-7-4-6-10-19(14)25-22(28)18(21(27)24-23(25)29)13-17-16-9-5-3-8-15(16)11-12-20(17)26/h3-13,28H,2H2,1H3,(H,24,27,29). The van der Waals surface area contributed by atoms with Gasteiger partial charge in [-0.25, -0.2) is 9.36 Å². The smallest absolute Gasteiger partial charge is 0.335 e. The lowest BCUT2D eigenvalue weighted by atomic mass is 9.90. The van der Waals surface area contributed by atoms with Crippen molar-refractivity contribution >= 4 is 23.5 Å². The summed E-state index contributed by atoms with van der Waals surface area (Å²) in [6.07, 6.45) is 5.09. The van der Waals surface area contributed by atoms with E-state index in [1.165, 1.54) is 12.2 Å². The maximum atomic E-state index is 12.5. The molecule has 0 radical (unpaired) electrons. The van der Waals surface area contributed by atoms with Crippen LogP contribution in [-0.2, 0) is 11.2 Å². The molecule has 0 bridgehead atoms. The topological polar surface area (TPSA) is 92.2 Å². The Morgan fingerprint density at radius 3 is 2.52 bits per heavy atom. The van der Waals surface area contributed by atoms with Crippen LogP contribution in [0.15, 0.2) is 64.2 Å². The van der Waals surface area contributed by atoms with Crippen molar-refractivity contribution in [2.75, 3.05) is 0 Å². The van der Waals surface area contributed by atoms with Gasteiger partial charge in [-0.1, -0.05) is 55.5 Å². The highest BCUT2D eigenvalue weighted by molar-refractivity contribution is 6.33. The van der Waals surface area contributed by atoms with Gasteiger partial charge in [0.1, 0.15) is 5.56 Å². The molecule has 0 atom stereocenters. The molecule has 0 saturated carbocycles. The minimum Gasteiger partial charge on any atom is -0.494 e. The zero-order chi connectivity index (χ0) is 20.5. The van der Waals surface area contributed by atoms with E-state index in [2.05, 4.69) is 4.98 Å². The zero-order valence-corrected chi connectivity index (χ0v) is 15.7. The minimum atomic E-state index is -0.759. The third-order valence-corrected chi connectivity index (χ3v) is 4.95. The second-order valence-corrected chi connectivity index (χ2v) is 6.66. The molecule has 0 unspecified atom stereocenters. The number of para-hydroxylation sites is 1. The average molecular weight is 386 g/mol. The highest BCUT2D eigenvalue weighted by Crippen LogP contribution is 2.30. The van der Waals surface area contributed by atoms with Crippen molar-refractivity contribution in [1.29, 1.82) is 0 Å². The van der Waals surface area contributed by atoms with Gasteiger partial charge < -0.3 is 5.11 Å². The van der Waals surface area contributed by atoms with E-state index in [1.807, 2.05) is 31.2 Å². The first-order chi connectivity index (χ1) is 14.0. The van der Waals surface area contributed by atoms with Crippen molar-refractivity contribution in [3.05, 3.63) is 97.7 Å². The van der Waals surface area contributed by atoms with Crippen molar-refractivity contribution < 1.29 is 9.90 Å². The van der Waals surface area contributed by atoms with E-state index in [4.69, 9.17) is 0 Å². The van der Waals surface area contributed by atoms with Gasteiger partial charge in [-0.15, -0.1) is 0 Å². The number of H-pyrrole nitrogens is 1. The molecule has 4 rings (SSSR count). The Balaban J connectivity index is 1.98. The molecule has 1 heterocycles. The molecule has 1 aliphatic carbocycles. The number of aromatic nitrogens is 2. The Labute approximate surface area is 166 Å². The van der Waals surface area contributed by atoms with E-state index in [1.54, 1.807) is 30.3 Å². The largest absolute Gasteiger partial charge is 0.494 e. The van der Waals surface area contributed by atoms with Crippen LogP contribution in [0.1, 0.15) is 29.2 Å². The fourth-order valence-electron chi connectivity index (χ4n) is 3.49. The zero-order valence-electron chi connectivity index (χ0n) is 15.7. The molecule has 0 fully saturated rings. The lowest BCUT2D eigenvalue weighted by Gasteiger charge is -2.15. The van der Waals surface area contributed by atoms with E-state index >= 15 is 0 Å². The van der Waals surface area contributed by atoms with Gasteiger partial charge in [-0.3, -0.25) is 14.6 Å². The summed E-state index contributed by atoms with van der Waals surface area (Å²) in [6, 6.07) is 14.4. The first-order valence-electron chi connectivity index (χ1n) is 9.21. The molecular formula is C23H18N2O4. The van der Waals surface area contributed by atoms with Crippen LogP contribution in [0.25, 0.3) is 23.4 Å². The summed E-state index contributed by atoms with van der Waals surface area (Å²) in [5.74, 6) is -0.791. The number of benzene rings is 2. The number of carbonyl (C=O) groups is 1. The highest BCUT2D eigenvalue weighted by atomic mass is 16.3. The molecule has 0 spiro atoms. The van der Waals surface area contributed by atoms with Crippen LogP contribution >= 0.6 is 0 Å². The van der Waals surface area contributed by atoms with Crippen LogP contribution in [0.5, 0.6) is 5.88 Å². The van der Waals surface area contributed by atoms with Gasteiger partial charge in [0.2, 0.25) is 5.88 Å². The summed E-state index contributed by atoms with van der Waals surface area (Å²) >= 11 is 0. The van der Waals surface area contributed by atoms with E-state index in [-0.39, 0.29) is 16.9 Å². The number of ketones is 1.